The van der Waals surface area contributed by atoms with Gasteiger partial charge >= 0.3 is 0 Å². The molecule has 1 atom stereocenters. The van der Waals surface area contributed by atoms with Crippen LogP contribution in [-0.2, 0) is 9.59 Å². The second-order valence-corrected chi connectivity index (χ2v) is 7.90. The van der Waals surface area contributed by atoms with Gasteiger partial charge in [0, 0.05) is 45.1 Å². The van der Waals surface area contributed by atoms with E-state index in [0.717, 1.165) is 5.56 Å². The maximum atomic E-state index is 13.6. The molecule has 1 aromatic carbocycles. The van der Waals surface area contributed by atoms with Crippen molar-refractivity contribution >= 4 is 17.7 Å². The number of benzene rings is 1. The molecule has 1 aromatic rings. The number of hydrogen-bond acceptors (Lipinski definition) is 4. The number of hydrogen-bond donors (Lipinski definition) is 1. The highest BCUT2D eigenvalue weighted by Crippen LogP contribution is 2.40. The normalized spacial score (nSPS) is 20.9. The van der Waals surface area contributed by atoms with Crippen LogP contribution in [0.5, 0.6) is 5.75 Å². The molecular weight excluding hydrogens is 358 g/mol. The van der Waals surface area contributed by atoms with Crippen LogP contribution in [0.2, 0.25) is 0 Å². The van der Waals surface area contributed by atoms with Gasteiger partial charge in [0.1, 0.15) is 5.75 Å². The van der Waals surface area contributed by atoms with Gasteiger partial charge in [-0.2, -0.15) is 0 Å². The fraction of sp³-hybridized carbons (Fsp3) is 0.571. The van der Waals surface area contributed by atoms with Crippen LogP contribution in [-0.4, -0.2) is 65.8 Å². The molecule has 3 amide bonds. The minimum Gasteiger partial charge on any atom is -0.496 e. The fourth-order valence-corrected chi connectivity index (χ4v) is 4.68. The van der Waals surface area contributed by atoms with Crippen LogP contribution in [0.4, 0.5) is 0 Å². The van der Waals surface area contributed by atoms with E-state index in [4.69, 9.17) is 4.74 Å². The number of carbonyl (C=O) groups is 3. The molecule has 0 saturated carbocycles. The first-order valence-electron chi connectivity index (χ1n) is 9.75. The number of ether oxygens (including phenoxy) is 1. The molecule has 0 unspecified atom stereocenters. The Labute approximate surface area is 166 Å². The van der Waals surface area contributed by atoms with Gasteiger partial charge in [-0.3, -0.25) is 14.4 Å². The molecule has 7 nitrogen and oxygen atoms in total. The highest BCUT2D eigenvalue weighted by molar-refractivity contribution is 5.98. The summed E-state index contributed by atoms with van der Waals surface area (Å²) in [5.74, 6) is 0.477. The van der Waals surface area contributed by atoms with E-state index in [9.17, 15) is 14.4 Å². The van der Waals surface area contributed by atoms with E-state index >= 15 is 0 Å². The Kier molecular flexibility index (Phi) is 5.63. The summed E-state index contributed by atoms with van der Waals surface area (Å²) >= 11 is 0. The van der Waals surface area contributed by atoms with Crippen molar-refractivity contribution in [3.8, 4) is 5.75 Å². The van der Waals surface area contributed by atoms with Crippen molar-refractivity contribution in [2.75, 3.05) is 26.7 Å². The molecular formula is C21H29N3O4. The summed E-state index contributed by atoms with van der Waals surface area (Å²) in [5, 5.41) is 2.98. The molecule has 7 heteroatoms. The lowest BCUT2D eigenvalue weighted by Crippen LogP contribution is -2.54. The predicted octanol–water partition coefficient (Wildman–Crippen LogP) is 1.74. The third-order valence-corrected chi connectivity index (χ3v) is 6.04. The molecule has 0 bridgehead atoms. The third kappa shape index (κ3) is 3.70. The molecule has 28 heavy (non-hydrogen) atoms. The number of methoxy groups -OCH3 is 1. The Hall–Kier alpha value is -2.57. The predicted molar refractivity (Wildman–Crippen MR) is 105 cm³/mol. The lowest BCUT2D eigenvalue weighted by Gasteiger charge is -2.44. The summed E-state index contributed by atoms with van der Waals surface area (Å²) in [6, 6.07) is 5.48. The number of piperidine rings is 1. The highest BCUT2D eigenvalue weighted by Gasteiger charge is 2.50. The molecule has 152 valence electrons. The van der Waals surface area contributed by atoms with Gasteiger partial charge in [0.25, 0.3) is 5.91 Å². The molecule has 1 N–H and O–H groups in total. The number of likely N-dealkylation sites (tertiary alicyclic amines) is 2. The smallest absolute Gasteiger partial charge is 0.258 e. The average Bonchev–Trinajstić information content (AvgIpc) is 2.97. The topological polar surface area (TPSA) is 79.0 Å². The SMILES string of the molecule is COc1c(C)cccc1C(=O)N1C[C@H](NC(C)=O)CC12CCN(C(C)=O)CC2. The lowest BCUT2D eigenvalue weighted by molar-refractivity contribution is -0.131. The Balaban J connectivity index is 1.92. The number of nitrogens with one attached hydrogen (secondary N) is 1. The first-order valence-corrected chi connectivity index (χ1v) is 9.75. The number of rotatable bonds is 3. The molecule has 2 heterocycles. The van der Waals surface area contributed by atoms with Crippen LogP contribution in [0.3, 0.4) is 0 Å². The van der Waals surface area contributed by atoms with Gasteiger partial charge in [0.05, 0.1) is 12.7 Å². The van der Waals surface area contributed by atoms with E-state index in [-0.39, 0.29) is 29.3 Å². The van der Waals surface area contributed by atoms with Crippen LogP contribution >= 0.6 is 0 Å². The summed E-state index contributed by atoms with van der Waals surface area (Å²) < 4.78 is 5.50. The number of amides is 3. The van der Waals surface area contributed by atoms with Gasteiger partial charge in [-0.1, -0.05) is 12.1 Å². The molecule has 1 spiro atoms. The van der Waals surface area contributed by atoms with Crippen molar-refractivity contribution in [3.05, 3.63) is 29.3 Å². The van der Waals surface area contributed by atoms with E-state index in [1.807, 2.05) is 28.9 Å². The standard InChI is InChI=1S/C21H29N3O4/c1-14-6-5-7-18(19(14)28-4)20(27)24-13-17(22-15(2)25)12-21(24)8-10-23(11-9-21)16(3)26/h5-7,17H,8-13H2,1-4H3,(H,22,25)/t17-/m1/s1. The molecule has 2 aliphatic rings. The zero-order chi connectivity index (χ0) is 20.5. The minimum atomic E-state index is -0.356. The van der Waals surface area contributed by atoms with E-state index in [0.29, 0.717) is 50.2 Å². The zero-order valence-electron chi connectivity index (χ0n) is 17.1. The largest absolute Gasteiger partial charge is 0.496 e. The van der Waals surface area contributed by atoms with Crippen LogP contribution in [0, 0.1) is 6.92 Å². The zero-order valence-corrected chi connectivity index (χ0v) is 17.1. The number of carbonyl (C=O) groups excluding carboxylic acids is 3. The summed E-state index contributed by atoms with van der Waals surface area (Å²) in [6.45, 7) is 6.70. The van der Waals surface area contributed by atoms with Crippen LogP contribution in [0.25, 0.3) is 0 Å². The first kappa shape index (κ1) is 20.2. The second kappa shape index (κ2) is 7.81. The number of nitrogens with zero attached hydrogens (tertiary/aromatic N) is 2. The summed E-state index contributed by atoms with van der Waals surface area (Å²) in [5.41, 5.74) is 1.09. The van der Waals surface area contributed by atoms with E-state index in [1.54, 1.807) is 20.1 Å². The Morgan fingerprint density at radius 2 is 1.86 bits per heavy atom. The van der Waals surface area contributed by atoms with Crippen LogP contribution < -0.4 is 10.1 Å². The van der Waals surface area contributed by atoms with E-state index < -0.39 is 0 Å². The van der Waals surface area contributed by atoms with Crippen molar-refractivity contribution in [3.63, 3.8) is 0 Å². The van der Waals surface area contributed by atoms with Gasteiger partial charge in [-0.15, -0.1) is 0 Å². The Morgan fingerprint density at radius 3 is 2.43 bits per heavy atom. The average molecular weight is 387 g/mol. The van der Waals surface area contributed by atoms with Gasteiger partial charge in [-0.05, 0) is 37.8 Å². The second-order valence-electron chi connectivity index (χ2n) is 7.90. The van der Waals surface area contributed by atoms with Crippen LogP contribution in [0.1, 0.15) is 49.0 Å². The van der Waals surface area contributed by atoms with Gasteiger partial charge in [-0.25, -0.2) is 0 Å². The minimum absolute atomic E-state index is 0.0597. The highest BCUT2D eigenvalue weighted by atomic mass is 16.5. The van der Waals surface area contributed by atoms with Crippen molar-refractivity contribution in [2.24, 2.45) is 0 Å². The summed E-state index contributed by atoms with van der Waals surface area (Å²) in [6.07, 6.45) is 2.13. The van der Waals surface area contributed by atoms with Crippen LogP contribution in [0.15, 0.2) is 18.2 Å². The third-order valence-electron chi connectivity index (χ3n) is 6.04. The number of para-hydroxylation sites is 1. The van der Waals surface area contributed by atoms with Gasteiger partial charge in [0.2, 0.25) is 11.8 Å². The monoisotopic (exact) mass is 387 g/mol. The maximum absolute atomic E-state index is 13.6. The van der Waals surface area contributed by atoms with E-state index in [1.165, 1.54) is 6.92 Å². The molecule has 0 aliphatic carbocycles. The van der Waals surface area contributed by atoms with Crippen molar-refractivity contribution in [1.82, 2.24) is 15.1 Å². The van der Waals surface area contributed by atoms with Crippen molar-refractivity contribution in [2.45, 2.75) is 51.6 Å². The van der Waals surface area contributed by atoms with Crippen molar-refractivity contribution < 1.29 is 19.1 Å². The fourth-order valence-electron chi connectivity index (χ4n) is 4.68. The Bertz CT molecular complexity index is 784. The first-order chi connectivity index (χ1) is 13.3. The van der Waals surface area contributed by atoms with E-state index in [2.05, 4.69) is 5.32 Å². The van der Waals surface area contributed by atoms with Crippen molar-refractivity contribution in [1.29, 1.82) is 0 Å². The quantitative estimate of drug-likeness (QED) is 0.857. The lowest BCUT2D eigenvalue weighted by atomic mass is 9.83. The summed E-state index contributed by atoms with van der Waals surface area (Å²) in [4.78, 5) is 40.6. The van der Waals surface area contributed by atoms with Gasteiger partial charge in [0.15, 0.2) is 0 Å². The van der Waals surface area contributed by atoms with Gasteiger partial charge < -0.3 is 19.9 Å². The molecule has 3 rings (SSSR count). The molecule has 2 saturated heterocycles. The Morgan fingerprint density at radius 1 is 1.18 bits per heavy atom. The number of aryl methyl sites for hydroxylation is 1. The molecule has 2 fully saturated rings. The molecule has 0 aromatic heterocycles. The molecule has 2 aliphatic heterocycles. The summed E-state index contributed by atoms with van der Waals surface area (Å²) in [7, 11) is 1.57. The maximum Gasteiger partial charge on any atom is 0.258 e. The molecule has 0 radical (unpaired) electrons.